The van der Waals surface area contributed by atoms with Crippen LogP contribution in [0.4, 0.5) is 11.6 Å². The van der Waals surface area contributed by atoms with Gasteiger partial charge in [-0.25, -0.2) is 4.98 Å². The van der Waals surface area contributed by atoms with Crippen LogP contribution in [0.25, 0.3) is 0 Å². The molecule has 0 bridgehead atoms. The van der Waals surface area contributed by atoms with Crippen LogP contribution in [0, 0.1) is 13.8 Å². The zero-order valence-corrected chi connectivity index (χ0v) is 12.5. The summed E-state index contributed by atoms with van der Waals surface area (Å²) in [6.07, 6.45) is 4.81. The molecule has 1 aromatic heterocycles. The summed E-state index contributed by atoms with van der Waals surface area (Å²) < 4.78 is 7.48. The Kier molecular flexibility index (Phi) is 5.18. The first kappa shape index (κ1) is 14.6. The van der Waals surface area contributed by atoms with E-state index in [0.29, 0.717) is 0 Å². The van der Waals surface area contributed by atoms with Crippen molar-refractivity contribution in [1.82, 2.24) is 9.55 Å². The minimum atomic E-state index is 0.775. The van der Waals surface area contributed by atoms with Gasteiger partial charge >= 0.3 is 0 Å². The summed E-state index contributed by atoms with van der Waals surface area (Å²) in [7, 11) is 0. The van der Waals surface area contributed by atoms with E-state index < -0.39 is 0 Å². The summed E-state index contributed by atoms with van der Waals surface area (Å²) in [6, 6.07) is 6.36. The van der Waals surface area contributed by atoms with Crippen molar-refractivity contribution in [2.24, 2.45) is 0 Å². The van der Waals surface area contributed by atoms with E-state index in [9.17, 15) is 0 Å². The Morgan fingerprint density at radius 3 is 2.85 bits per heavy atom. The maximum absolute atomic E-state index is 5.36. The fourth-order valence-electron chi connectivity index (χ4n) is 2.04. The van der Waals surface area contributed by atoms with Crippen LogP contribution in [0.1, 0.15) is 24.5 Å². The molecule has 0 amide bonds. The first-order valence-corrected chi connectivity index (χ1v) is 7.14. The molecular formula is C16H23N3O. The van der Waals surface area contributed by atoms with Gasteiger partial charge in [0.05, 0.1) is 0 Å². The van der Waals surface area contributed by atoms with Crippen LogP contribution >= 0.6 is 0 Å². The first-order valence-electron chi connectivity index (χ1n) is 7.14. The van der Waals surface area contributed by atoms with E-state index in [2.05, 4.69) is 46.9 Å². The molecule has 2 rings (SSSR count). The number of aryl methyl sites for hydroxylation is 3. The number of nitrogens with zero attached hydrogens (tertiary/aromatic N) is 2. The molecule has 4 heteroatoms. The van der Waals surface area contributed by atoms with Gasteiger partial charge in [-0.1, -0.05) is 6.07 Å². The molecule has 0 aliphatic rings. The van der Waals surface area contributed by atoms with E-state index in [1.807, 2.05) is 19.3 Å². The number of aromatic nitrogens is 2. The number of rotatable bonds is 7. The predicted octanol–water partition coefficient (Wildman–Crippen LogP) is 3.67. The Morgan fingerprint density at radius 1 is 1.25 bits per heavy atom. The van der Waals surface area contributed by atoms with Gasteiger partial charge in [0.1, 0.15) is 0 Å². The number of hydrogen-bond acceptors (Lipinski definition) is 3. The molecule has 0 aliphatic carbocycles. The average Bonchev–Trinajstić information content (AvgIpc) is 2.86. The van der Waals surface area contributed by atoms with Crippen molar-refractivity contribution in [1.29, 1.82) is 0 Å². The van der Waals surface area contributed by atoms with E-state index in [1.165, 1.54) is 11.1 Å². The molecule has 0 spiro atoms. The molecule has 1 aromatic carbocycles. The predicted molar refractivity (Wildman–Crippen MR) is 82.5 cm³/mol. The Morgan fingerprint density at radius 2 is 2.10 bits per heavy atom. The van der Waals surface area contributed by atoms with Crippen LogP contribution < -0.4 is 5.32 Å². The molecule has 0 radical (unpaired) electrons. The van der Waals surface area contributed by atoms with Crippen molar-refractivity contribution in [3.05, 3.63) is 41.7 Å². The summed E-state index contributed by atoms with van der Waals surface area (Å²) in [5, 5.41) is 3.37. The summed E-state index contributed by atoms with van der Waals surface area (Å²) >= 11 is 0. The SMILES string of the molecule is CCOCCCn1ccnc1Nc1ccc(C)c(C)c1. The number of anilines is 2. The lowest BCUT2D eigenvalue weighted by Gasteiger charge is -2.11. The van der Waals surface area contributed by atoms with Gasteiger partial charge in [-0.3, -0.25) is 0 Å². The lowest BCUT2D eigenvalue weighted by molar-refractivity contribution is 0.142. The van der Waals surface area contributed by atoms with Crippen LogP contribution in [0.3, 0.4) is 0 Å². The highest BCUT2D eigenvalue weighted by molar-refractivity contribution is 5.55. The standard InChI is InChI=1S/C16H23N3O/c1-4-20-11-5-9-19-10-8-17-16(19)18-15-7-6-13(2)14(3)12-15/h6-8,10,12H,4-5,9,11H2,1-3H3,(H,17,18). The molecule has 0 aliphatic heterocycles. The zero-order valence-electron chi connectivity index (χ0n) is 12.5. The summed E-state index contributed by atoms with van der Waals surface area (Å²) in [6.45, 7) is 8.73. The third-order valence-corrected chi connectivity index (χ3v) is 3.37. The van der Waals surface area contributed by atoms with Gasteiger partial charge in [0.15, 0.2) is 0 Å². The van der Waals surface area contributed by atoms with Gasteiger partial charge in [-0.2, -0.15) is 0 Å². The molecule has 0 unspecified atom stereocenters. The molecule has 1 heterocycles. The monoisotopic (exact) mass is 273 g/mol. The van der Waals surface area contributed by atoms with Crippen LogP contribution in [-0.4, -0.2) is 22.8 Å². The average molecular weight is 273 g/mol. The Bertz CT molecular complexity index is 548. The Balaban J connectivity index is 1.99. The third kappa shape index (κ3) is 3.84. The molecule has 20 heavy (non-hydrogen) atoms. The van der Waals surface area contributed by atoms with E-state index in [4.69, 9.17) is 4.74 Å². The minimum Gasteiger partial charge on any atom is -0.382 e. The van der Waals surface area contributed by atoms with Crippen molar-refractivity contribution < 1.29 is 4.74 Å². The highest BCUT2D eigenvalue weighted by atomic mass is 16.5. The van der Waals surface area contributed by atoms with E-state index in [0.717, 1.165) is 37.8 Å². The molecule has 108 valence electrons. The van der Waals surface area contributed by atoms with E-state index in [1.54, 1.807) is 0 Å². The number of benzene rings is 1. The molecule has 4 nitrogen and oxygen atoms in total. The smallest absolute Gasteiger partial charge is 0.207 e. The van der Waals surface area contributed by atoms with Crippen molar-refractivity contribution in [2.45, 2.75) is 33.7 Å². The van der Waals surface area contributed by atoms with Crippen molar-refractivity contribution in [2.75, 3.05) is 18.5 Å². The van der Waals surface area contributed by atoms with Crippen molar-refractivity contribution in [3.63, 3.8) is 0 Å². The minimum absolute atomic E-state index is 0.775. The third-order valence-electron chi connectivity index (χ3n) is 3.37. The van der Waals surface area contributed by atoms with Gasteiger partial charge in [0.2, 0.25) is 5.95 Å². The van der Waals surface area contributed by atoms with Crippen LogP contribution in [0.2, 0.25) is 0 Å². The van der Waals surface area contributed by atoms with Gasteiger partial charge in [-0.15, -0.1) is 0 Å². The lowest BCUT2D eigenvalue weighted by Crippen LogP contribution is -2.06. The second kappa shape index (κ2) is 7.10. The quantitative estimate of drug-likeness (QED) is 0.782. The van der Waals surface area contributed by atoms with Crippen molar-refractivity contribution >= 4 is 11.6 Å². The number of hydrogen-bond donors (Lipinski definition) is 1. The summed E-state index contributed by atoms with van der Waals surface area (Å²) in [5.41, 5.74) is 3.66. The zero-order chi connectivity index (χ0) is 14.4. The summed E-state index contributed by atoms with van der Waals surface area (Å²) in [5.74, 6) is 0.879. The molecule has 0 fully saturated rings. The molecule has 1 N–H and O–H groups in total. The van der Waals surface area contributed by atoms with Gasteiger partial charge in [0, 0.05) is 37.8 Å². The topological polar surface area (TPSA) is 39.1 Å². The fourth-order valence-corrected chi connectivity index (χ4v) is 2.04. The van der Waals surface area contributed by atoms with Gasteiger partial charge in [0.25, 0.3) is 0 Å². The Labute approximate surface area is 120 Å². The van der Waals surface area contributed by atoms with Crippen LogP contribution in [0.15, 0.2) is 30.6 Å². The molecular weight excluding hydrogens is 250 g/mol. The van der Waals surface area contributed by atoms with Crippen molar-refractivity contribution in [3.8, 4) is 0 Å². The lowest BCUT2D eigenvalue weighted by atomic mass is 10.1. The second-order valence-electron chi connectivity index (χ2n) is 4.92. The normalized spacial score (nSPS) is 10.8. The van der Waals surface area contributed by atoms with Crippen LogP contribution in [-0.2, 0) is 11.3 Å². The largest absolute Gasteiger partial charge is 0.382 e. The number of imidazole rings is 1. The molecule has 0 saturated heterocycles. The van der Waals surface area contributed by atoms with E-state index in [-0.39, 0.29) is 0 Å². The highest BCUT2D eigenvalue weighted by Crippen LogP contribution is 2.18. The molecule has 0 atom stereocenters. The molecule has 2 aromatic rings. The molecule has 0 saturated carbocycles. The van der Waals surface area contributed by atoms with Gasteiger partial charge < -0.3 is 14.6 Å². The Hall–Kier alpha value is -1.81. The second-order valence-corrected chi connectivity index (χ2v) is 4.92. The first-order chi connectivity index (χ1) is 9.70. The summed E-state index contributed by atoms with van der Waals surface area (Å²) in [4.78, 5) is 4.37. The van der Waals surface area contributed by atoms with Crippen LogP contribution in [0.5, 0.6) is 0 Å². The maximum Gasteiger partial charge on any atom is 0.207 e. The fraction of sp³-hybridized carbons (Fsp3) is 0.438. The maximum atomic E-state index is 5.36. The highest BCUT2D eigenvalue weighted by Gasteiger charge is 2.04. The van der Waals surface area contributed by atoms with E-state index >= 15 is 0 Å². The van der Waals surface area contributed by atoms with Gasteiger partial charge in [-0.05, 0) is 50.5 Å². The number of ether oxygens (including phenoxy) is 1. The number of nitrogens with one attached hydrogen (secondary N) is 1.